The Bertz CT molecular complexity index is 2870. The third-order valence-electron chi connectivity index (χ3n) is 10.0. The van der Waals surface area contributed by atoms with Crippen LogP contribution in [-0.4, -0.2) is 0 Å². The normalized spacial score (nSPS) is 11.6. The van der Waals surface area contributed by atoms with E-state index < -0.39 is 0 Å². The third-order valence-corrected chi connectivity index (χ3v) is 10.0. The molecule has 0 aliphatic heterocycles. The lowest BCUT2D eigenvalue weighted by molar-refractivity contribution is 0.669. The summed E-state index contributed by atoms with van der Waals surface area (Å²) in [5.41, 5.74) is 9.89. The SMILES string of the molecule is c1ccc(-c2ccccc2N(c2ccc(-c3cc4ccccc4c4ccccc34)cc2)c2ccc3cc4c(cc3c2)oc2ccccc24)cc1. The van der Waals surface area contributed by atoms with Crippen molar-refractivity contribution in [3.8, 4) is 22.3 Å². The van der Waals surface area contributed by atoms with Crippen LogP contribution in [0.1, 0.15) is 0 Å². The molecule has 2 heteroatoms. The summed E-state index contributed by atoms with van der Waals surface area (Å²) in [6.07, 6.45) is 0. The number of furan rings is 1. The first-order valence-electron chi connectivity index (χ1n) is 17.1. The van der Waals surface area contributed by atoms with Gasteiger partial charge in [0.25, 0.3) is 0 Å². The number of para-hydroxylation sites is 2. The largest absolute Gasteiger partial charge is 0.456 e. The minimum absolute atomic E-state index is 0.902. The second kappa shape index (κ2) is 11.5. The first-order valence-corrected chi connectivity index (χ1v) is 17.1. The molecule has 0 saturated carbocycles. The lowest BCUT2D eigenvalue weighted by atomic mass is 9.93. The molecule has 0 amide bonds. The molecular weight excluding hydrogens is 607 g/mol. The van der Waals surface area contributed by atoms with E-state index in [9.17, 15) is 0 Å². The molecule has 0 spiro atoms. The van der Waals surface area contributed by atoms with Gasteiger partial charge in [0.1, 0.15) is 11.2 Å². The Morgan fingerprint density at radius 3 is 1.84 bits per heavy atom. The zero-order valence-corrected chi connectivity index (χ0v) is 27.3. The van der Waals surface area contributed by atoms with Crippen LogP contribution in [0.4, 0.5) is 17.1 Å². The first-order chi connectivity index (χ1) is 24.8. The van der Waals surface area contributed by atoms with Gasteiger partial charge in [-0.25, -0.2) is 0 Å². The minimum Gasteiger partial charge on any atom is -0.456 e. The molecule has 10 aromatic rings. The number of nitrogens with zero attached hydrogens (tertiary/aromatic N) is 1. The molecule has 10 rings (SSSR count). The van der Waals surface area contributed by atoms with Crippen molar-refractivity contribution in [1.82, 2.24) is 0 Å². The quantitative estimate of drug-likeness (QED) is 0.175. The highest BCUT2D eigenvalue weighted by molar-refractivity contribution is 6.14. The molecule has 0 atom stereocenters. The van der Waals surface area contributed by atoms with E-state index in [2.05, 4.69) is 181 Å². The van der Waals surface area contributed by atoms with Crippen LogP contribution >= 0.6 is 0 Å². The summed E-state index contributed by atoms with van der Waals surface area (Å²) < 4.78 is 6.31. The van der Waals surface area contributed by atoms with Gasteiger partial charge in [-0.3, -0.25) is 0 Å². The Kier molecular flexibility index (Phi) is 6.53. The van der Waals surface area contributed by atoms with Crippen LogP contribution < -0.4 is 4.90 Å². The van der Waals surface area contributed by atoms with Gasteiger partial charge >= 0.3 is 0 Å². The standard InChI is InChI=1S/C48H31NO/c1-2-12-32(13-3-1)40-16-8-10-20-46(40)49(38-27-24-34-29-45-43-19-9-11-21-47(43)50-48(45)31-36(34)28-38)37-25-22-33(23-26-37)44-30-35-14-4-5-15-39(35)41-17-6-7-18-42(41)44/h1-31H. The van der Waals surface area contributed by atoms with Crippen molar-refractivity contribution in [2.45, 2.75) is 0 Å². The highest BCUT2D eigenvalue weighted by Gasteiger charge is 2.19. The molecule has 0 radical (unpaired) electrons. The van der Waals surface area contributed by atoms with E-state index in [-0.39, 0.29) is 0 Å². The van der Waals surface area contributed by atoms with Crippen LogP contribution in [0, 0.1) is 0 Å². The summed E-state index contributed by atoms with van der Waals surface area (Å²) in [4.78, 5) is 2.38. The Hall–Kier alpha value is -6.64. The van der Waals surface area contributed by atoms with Crippen LogP contribution in [0.15, 0.2) is 192 Å². The van der Waals surface area contributed by atoms with Gasteiger partial charge in [0.2, 0.25) is 0 Å². The van der Waals surface area contributed by atoms with Crippen molar-refractivity contribution in [1.29, 1.82) is 0 Å². The van der Waals surface area contributed by atoms with Crippen molar-refractivity contribution in [2.75, 3.05) is 4.90 Å². The van der Waals surface area contributed by atoms with Crippen LogP contribution in [0.2, 0.25) is 0 Å². The molecule has 1 heterocycles. The fraction of sp³-hybridized carbons (Fsp3) is 0. The number of rotatable bonds is 5. The van der Waals surface area contributed by atoms with Crippen LogP contribution in [0.5, 0.6) is 0 Å². The summed E-state index contributed by atoms with van der Waals surface area (Å²) in [5.74, 6) is 0. The zero-order chi connectivity index (χ0) is 33.0. The number of anilines is 3. The van der Waals surface area contributed by atoms with E-state index in [1.807, 2.05) is 12.1 Å². The molecule has 0 unspecified atom stereocenters. The average molecular weight is 638 g/mol. The van der Waals surface area contributed by atoms with E-state index in [4.69, 9.17) is 4.42 Å². The predicted molar refractivity (Wildman–Crippen MR) is 212 cm³/mol. The average Bonchev–Trinajstić information content (AvgIpc) is 3.55. The fourth-order valence-electron chi connectivity index (χ4n) is 7.64. The molecule has 0 saturated heterocycles. The lowest BCUT2D eigenvalue weighted by Gasteiger charge is -2.28. The maximum absolute atomic E-state index is 6.31. The second-order valence-corrected chi connectivity index (χ2v) is 12.9. The van der Waals surface area contributed by atoms with Crippen LogP contribution in [-0.2, 0) is 0 Å². The van der Waals surface area contributed by atoms with E-state index in [0.29, 0.717) is 0 Å². The maximum Gasteiger partial charge on any atom is 0.136 e. The maximum atomic E-state index is 6.31. The molecule has 50 heavy (non-hydrogen) atoms. The molecule has 1 aromatic heterocycles. The van der Waals surface area contributed by atoms with Gasteiger partial charge in [-0.15, -0.1) is 0 Å². The first kappa shape index (κ1) is 28.4. The van der Waals surface area contributed by atoms with Gasteiger partial charge in [-0.05, 0) is 104 Å². The van der Waals surface area contributed by atoms with E-state index in [0.717, 1.165) is 44.4 Å². The minimum atomic E-state index is 0.902. The topological polar surface area (TPSA) is 16.4 Å². The van der Waals surface area contributed by atoms with E-state index in [1.165, 1.54) is 49.2 Å². The summed E-state index contributed by atoms with van der Waals surface area (Å²) in [6, 6.07) is 67.6. The number of fused-ring (bicyclic) bond motifs is 7. The van der Waals surface area contributed by atoms with Crippen molar-refractivity contribution in [3.05, 3.63) is 188 Å². The molecule has 0 fully saturated rings. The van der Waals surface area contributed by atoms with Gasteiger partial charge in [-0.2, -0.15) is 0 Å². The summed E-state index contributed by atoms with van der Waals surface area (Å²) in [7, 11) is 0. The van der Waals surface area contributed by atoms with Crippen molar-refractivity contribution < 1.29 is 4.42 Å². The number of benzene rings is 9. The summed E-state index contributed by atoms with van der Waals surface area (Å²) in [6.45, 7) is 0. The van der Waals surface area contributed by atoms with E-state index in [1.54, 1.807) is 0 Å². The van der Waals surface area contributed by atoms with Gasteiger partial charge < -0.3 is 9.32 Å². The van der Waals surface area contributed by atoms with Crippen LogP contribution in [0.25, 0.3) is 76.5 Å². The predicted octanol–water partition coefficient (Wildman–Crippen LogP) is 13.8. The van der Waals surface area contributed by atoms with Gasteiger partial charge in [0.05, 0.1) is 5.69 Å². The molecule has 234 valence electrons. The second-order valence-electron chi connectivity index (χ2n) is 12.9. The molecule has 0 bridgehead atoms. The molecule has 0 aliphatic rings. The molecular formula is C48H31NO. The Morgan fingerprint density at radius 1 is 0.320 bits per heavy atom. The lowest BCUT2D eigenvalue weighted by Crippen LogP contribution is -2.11. The summed E-state index contributed by atoms with van der Waals surface area (Å²) in [5, 5.41) is 9.67. The van der Waals surface area contributed by atoms with Gasteiger partial charge in [0.15, 0.2) is 0 Å². The number of hydrogen-bond acceptors (Lipinski definition) is 2. The molecule has 0 aliphatic carbocycles. The zero-order valence-electron chi connectivity index (χ0n) is 27.3. The molecule has 0 N–H and O–H groups in total. The van der Waals surface area contributed by atoms with Crippen LogP contribution in [0.3, 0.4) is 0 Å². The molecule has 9 aromatic carbocycles. The van der Waals surface area contributed by atoms with E-state index >= 15 is 0 Å². The van der Waals surface area contributed by atoms with Crippen molar-refractivity contribution in [2.24, 2.45) is 0 Å². The third kappa shape index (κ3) is 4.65. The van der Waals surface area contributed by atoms with Gasteiger partial charge in [-0.1, -0.05) is 133 Å². The van der Waals surface area contributed by atoms with Crippen molar-refractivity contribution >= 4 is 71.3 Å². The summed E-state index contributed by atoms with van der Waals surface area (Å²) >= 11 is 0. The Balaban J connectivity index is 1.15. The Labute approximate surface area is 290 Å². The number of hydrogen-bond donors (Lipinski definition) is 0. The monoisotopic (exact) mass is 637 g/mol. The van der Waals surface area contributed by atoms with Gasteiger partial charge in [0, 0.05) is 27.7 Å². The smallest absolute Gasteiger partial charge is 0.136 e. The Morgan fingerprint density at radius 2 is 0.980 bits per heavy atom. The highest BCUT2D eigenvalue weighted by atomic mass is 16.3. The fourth-order valence-corrected chi connectivity index (χ4v) is 7.64. The van der Waals surface area contributed by atoms with Crippen molar-refractivity contribution in [3.63, 3.8) is 0 Å². The highest BCUT2D eigenvalue weighted by Crippen LogP contribution is 2.43. The molecule has 2 nitrogen and oxygen atoms in total.